The number of benzene rings is 1. The van der Waals surface area contributed by atoms with Crippen molar-refractivity contribution in [1.82, 2.24) is 9.55 Å². The number of aliphatic hydroxyl groups excluding tert-OH is 2. The molecule has 5 nitrogen and oxygen atoms in total. The molecule has 0 saturated heterocycles. The van der Waals surface area contributed by atoms with E-state index in [2.05, 4.69) is 34.7 Å². The summed E-state index contributed by atoms with van der Waals surface area (Å²) in [5, 5.41) is 32.1. The van der Waals surface area contributed by atoms with Crippen LogP contribution in [0.3, 0.4) is 0 Å². The number of aliphatic hydroxyl groups is 3. The van der Waals surface area contributed by atoms with Crippen LogP contribution in [-0.2, 0) is 0 Å². The molecule has 1 aromatic heterocycles. The second-order valence-electron chi connectivity index (χ2n) is 9.70. The Balaban J connectivity index is 1.41. The lowest BCUT2D eigenvalue weighted by atomic mass is 9.55. The van der Waals surface area contributed by atoms with Crippen molar-refractivity contribution in [1.29, 1.82) is 0 Å². The normalized spacial score (nSPS) is 37.4. The average Bonchev–Trinajstić information content (AvgIpc) is 3.28. The number of fused-ring (bicyclic) bond motifs is 5. The van der Waals surface area contributed by atoms with Crippen LogP contribution in [0.25, 0.3) is 11.3 Å². The maximum atomic E-state index is 11.4. The smallest absolute Gasteiger partial charge is 0.0956 e. The first-order chi connectivity index (χ1) is 13.4. The van der Waals surface area contributed by atoms with Gasteiger partial charge in [0, 0.05) is 5.56 Å². The highest BCUT2D eigenvalue weighted by Gasteiger charge is 2.52. The van der Waals surface area contributed by atoms with Gasteiger partial charge < -0.3 is 19.9 Å². The molecule has 5 heteroatoms. The molecule has 3 aliphatic rings. The predicted octanol–water partition coefficient (Wildman–Crippen LogP) is 3.14. The zero-order valence-electron chi connectivity index (χ0n) is 16.5. The molecule has 0 spiro atoms. The van der Waals surface area contributed by atoms with Gasteiger partial charge in [-0.1, -0.05) is 31.2 Å². The summed E-state index contributed by atoms with van der Waals surface area (Å²) in [5.41, 5.74) is 2.36. The second kappa shape index (κ2) is 6.41. The number of hydrogen-bond donors (Lipinski definition) is 3. The van der Waals surface area contributed by atoms with Crippen molar-refractivity contribution in [2.75, 3.05) is 6.61 Å². The van der Waals surface area contributed by atoms with E-state index in [1.807, 2.05) is 18.6 Å². The summed E-state index contributed by atoms with van der Waals surface area (Å²) in [6.45, 7) is 2.00. The molecule has 0 amide bonds. The fourth-order valence-corrected chi connectivity index (χ4v) is 6.31. The van der Waals surface area contributed by atoms with Crippen LogP contribution in [0.2, 0.25) is 0 Å². The third kappa shape index (κ3) is 2.67. The second-order valence-corrected chi connectivity index (χ2v) is 9.70. The molecule has 0 radical (unpaired) electrons. The molecule has 150 valence electrons. The lowest BCUT2D eigenvalue weighted by Crippen LogP contribution is -2.53. The van der Waals surface area contributed by atoms with Crippen LogP contribution in [0.4, 0.5) is 0 Å². The summed E-state index contributed by atoms with van der Waals surface area (Å²) < 4.78 is 2.19. The van der Waals surface area contributed by atoms with Gasteiger partial charge in [0.15, 0.2) is 0 Å². The lowest BCUT2D eigenvalue weighted by Gasteiger charge is -2.53. The third-order valence-corrected chi connectivity index (χ3v) is 7.95. The molecule has 5 unspecified atom stereocenters. The Morgan fingerprint density at radius 3 is 2.93 bits per heavy atom. The molecule has 2 aromatic rings. The molecule has 1 aliphatic heterocycles. The number of imidazole rings is 1. The van der Waals surface area contributed by atoms with Crippen molar-refractivity contribution in [3.05, 3.63) is 42.4 Å². The minimum atomic E-state index is -0.977. The predicted molar refractivity (Wildman–Crippen MR) is 107 cm³/mol. The molecule has 2 heterocycles. The minimum Gasteiger partial charge on any atom is -0.393 e. The Morgan fingerprint density at radius 2 is 2.11 bits per heavy atom. The largest absolute Gasteiger partial charge is 0.393 e. The van der Waals surface area contributed by atoms with E-state index in [1.54, 1.807) is 0 Å². The van der Waals surface area contributed by atoms with E-state index in [1.165, 1.54) is 11.1 Å². The van der Waals surface area contributed by atoms with Crippen LogP contribution in [0.5, 0.6) is 0 Å². The summed E-state index contributed by atoms with van der Waals surface area (Å²) in [4.78, 5) is 4.33. The fraction of sp³-hybridized carbons (Fsp3) is 0.609. The summed E-state index contributed by atoms with van der Waals surface area (Å²) in [5.74, 6) is 0.606. The van der Waals surface area contributed by atoms with Crippen molar-refractivity contribution >= 4 is 0 Å². The van der Waals surface area contributed by atoms with Crippen LogP contribution in [0, 0.1) is 17.3 Å². The van der Waals surface area contributed by atoms with Gasteiger partial charge >= 0.3 is 0 Å². The summed E-state index contributed by atoms with van der Waals surface area (Å²) in [6.07, 6.45) is 8.31. The third-order valence-electron chi connectivity index (χ3n) is 7.95. The molecular formula is C23H30N2O3. The zero-order chi connectivity index (χ0) is 19.5. The monoisotopic (exact) mass is 382 g/mol. The van der Waals surface area contributed by atoms with Gasteiger partial charge in [-0.15, -0.1) is 0 Å². The summed E-state index contributed by atoms with van der Waals surface area (Å²) >= 11 is 0. The van der Waals surface area contributed by atoms with E-state index in [4.69, 9.17) is 0 Å². The first-order valence-corrected chi connectivity index (χ1v) is 10.6. The Kier molecular flexibility index (Phi) is 4.20. The van der Waals surface area contributed by atoms with Crippen LogP contribution < -0.4 is 0 Å². The van der Waals surface area contributed by atoms with E-state index in [9.17, 15) is 15.3 Å². The SMILES string of the molecule is C[C@@]1(C(O)CC2c3ccccc3-c3cncn32)CC2CCC(O)(CO)C(C2)C1. The molecule has 28 heavy (non-hydrogen) atoms. The fourth-order valence-electron chi connectivity index (χ4n) is 6.31. The maximum absolute atomic E-state index is 11.4. The van der Waals surface area contributed by atoms with E-state index < -0.39 is 11.7 Å². The maximum Gasteiger partial charge on any atom is 0.0956 e. The summed E-state index contributed by atoms with van der Waals surface area (Å²) in [7, 11) is 0. The highest BCUT2D eigenvalue weighted by molar-refractivity contribution is 5.68. The van der Waals surface area contributed by atoms with Gasteiger partial charge in [-0.05, 0) is 61.3 Å². The Morgan fingerprint density at radius 1 is 1.29 bits per heavy atom. The van der Waals surface area contributed by atoms with Crippen LogP contribution in [0.15, 0.2) is 36.8 Å². The molecule has 3 N–H and O–H groups in total. The molecule has 2 aliphatic carbocycles. The Bertz CT molecular complexity index is 880. The van der Waals surface area contributed by atoms with E-state index >= 15 is 0 Å². The van der Waals surface area contributed by atoms with Crippen LogP contribution >= 0.6 is 0 Å². The van der Waals surface area contributed by atoms with Crippen molar-refractivity contribution in [3.8, 4) is 11.3 Å². The van der Waals surface area contributed by atoms with Crippen molar-refractivity contribution in [2.24, 2.45) is 17.3 Å². The van der Waals surface area contributed by atoms with Crippen molar-refractivity contribution < 1.29 is 15.3 Å². The van der Waals surface area contributed by atoms with Crippen molar-refractivity contribution in [3.63, 3.8) is 0 Å². The van der Waals surface area contributed by atoms with Crippen molar-refractivity contribution in [2.45, 2.75) is 63.2 Å². The quantitative estimate of drug-likeness (QED) is 0.759. The van der Waals surface area contributed by atoms with Gasteiger partial charge in [-0.3, -0.25) is 0 Å². The highest BCUT2D eigenvalue weighted by Crippen LogP contribution is 2.55. The highest BCUT2D eigenvalue weighted by atomic mass is 16.3. The van der Waals surface area contributed by atoms with Gasteiger partial charge in [-0.2, -0.15) is 0 Å². The molecule has 1 aromatic carbocycles. The molecular weight excluding hydrogens is 352 g/mol. The van der Waals surface area contributed by atoms with E-state index in [-0.39, 0.29) is 24.0 Å². The number of aromatic nitrogens is 2. The number of rotatable bonds is 4. The summed E-state index contributed by atoms with van der Waals surface area (Å²) in [6, 6.07) is 8.49. The molecule has 5 rings (SSSR count). The van der Waals surface area contributed by atoms with Gasteiger partial charge in [0.25, 0.3) is 0 Å². The molecule has 6 atom stereocenters. The topological polar surface area (TPSA) is 78.5 Å². The first kappa shape index (κ1) is 18.3. The van der Waals surface area contributed by atoms with E-state index in [0.29, 0.717) is 18.8 Å². The lowest BCUT2D eigenvalue weighted by molar-refractivity contribution is -0.148. The van der Waals surface area contributed by atoms with Gasteiger partial charge in [-0.25, -0.2) is 4.98 Å². The average molecular weight is 383 g/mol. The Hall–Kier alpha value is -1.69. The van der Waals surface area contributed by atoms with Gasteiger partial charge in [0.1, 0.15) is 0 Å². The molecule has 2 bridgehead atoms. The van der Waals surface area contributed by atoms with E-state index in [0.717, 1.165) is 31.4 Å². The zero-order valence-corrected chi connectivity index (χ0v) is 16.5. The molecule has 2 fully saturated rings. The standard InChI is InChI=1S/C23H30N2O3/c1-22(10-15-6-7-23(28,13-26)16(8-15)11-22)21(27)9-19-17-4-2-3-5-18(17)20-12-24-14-25(19)20/h2-5,12,14-16,19,21,26-28H,6-11,13H2,1H3/t15?,16?,19?,21?,22-,23?/m1/s1. The molecule has 2 saturated carbocycles. The number of hydrogen-bond acceptors (Lipinski definition) is 4. The first-order valence-electron chi connectivity index (χ1n) is 10.6. The van der Waals surface area contributed by atoms with Gasteiger partial charge in [0.2, 0.25) is 0 Å². The van der Waals surface area contributed by atoms with Gasteiger partial charge in [0.05, 0.1) is 42.6 Å². The van der Waals surface area contributed by atoms with Crippen LogP contribution in [0.1, 0.15) is 57.1 Å². The minimum absolute atomic E-state index is 0.0734. The number of nitrogens with zero attached hydrogens (tertiary/aromatic N) is 2. The van der Waals surface area contributed by atoms with Crippen LogP contribution in [-0.4, -0.2) is 43.2 Å². The Labute approximate surface area is 166 Å².